The van der Waals surface area contributed by atoms with E-state index < -0.39 is 6.04 Å². The second-order valence-corrected chi connectivity index (χ2v) is 8.71. The van der Waals surface area contributed by atoms with Crippen molar-refractivity contribution < 1.29 is 19.1 Å². The van der Waals surface area contributed by atoms with Gasteiger partial charge in [0.2, 0.25) is 18.6 Å². The molecule has 1 unspecified atom stereocenters. The summed E-state index contributed by atoms with van der Waals surface area (Å²) < 4.78 is 10.9. The molecule has 7 heteroatoms. The quantitative estimate of drug-likeness (QED) is 0.624. The molecule has 2 aliphatic rings. The zero-order chi connectivity index (χ0) is 22.5. The van der Waals surface area contributed by atoms with Crippen molar-refractivity contribution in [3.05, 3.63) is 59.2 Å². The van der Waals surface area contributed by atoms with Crippen LogP contribution in [-0.4, -0.2) is 35.4 Å². The number of nitrogens with one attached hydrogen (secondary N) is 1. The topological polar surface area (TPSA) is 67.9 Å². The van der Waals surface area contributed by atoms with E-state index in [1.54, 1.807) is 4.90 Å². The molecule has 2 amide bonds. The first kappa shape index (κ1) is 22.5. The normalized spacial score (nSPS) is 16.4. The highest BCUT2D eigenvalue weighted by Gasteiger charge is 2.33. The zero-order valence-corrected chi connectivity index (χ0v) is 19.1. The third kappa shape index (κ3) is 5.01. The van der Waals surface area contributed by atoms with Gasteiger partial charge >= 0.3 is 0 Å². The Kier molecular flexibility index (Phi) is 7.20. The van der Waals surface area contributed by atoms with Crippen LogP contribution in [0.2, 0.25) is 0 Å². The monoisotopic (exact) mass is 456 g/mol. The van der Waals surface area contributed by atoms with Gasteiger partial charge in [0.05, 0.1) is 0 Å². The molecule has 1 N–H and O–H groups in total. The molecule has 0 radical (unpaired) electrons. The van der Waals surface area contributed by atoms with Gasteiger partial charge in [-0.1, -0.05) is 49.6 Å². The van der Waals surface area contributed by atoms with Crippen LogP contribution in [0.3, 0.4) is 0 Å². The lowest BCUT2D eigenvalue weighted by Crippen LogP contribution is -2.47. The van der Waals surface area contributed by atoms with Crippen LogP contribution in [0.15, 0.2) is 42.5 Å². The molecule has 1 aliphatic heterocycles. The molecule has 1 fully saturated rings. The minimum Gasteiger partial charge on any atom is -0.454 e. The van der Waals surface area contributed by atoms with Crippen LogP contribution in [0.25, 0.3) is 0 Å². The van der Waals surface area contributed by atoms with Crippen molar-refractivity contribution in [1.29, 1.82) is 0 Å². The zero-order valence-electron chi connectivity index (χ0n) is 18.3. The first-order chi connectivity index (χ1) is 15.6. The van der Waals surface area contributed by atoms with Gasteiger partial charge in [-0.2, -0.15) is 0 Å². The Labute approximate surface area is 193 Å². The summed E-state index contributed by atoms with van der Waals surface area (Å²) in [6.07, 6.45) is 5.37. The predicted molar refractivity (Wildman–Crippen MR) is 123 cm³/mol. The van der Waals surface area contributed by atoms with Crippen LogP contribution in [0.1, 0.15) is 54.8 Å². The standard InChI is InChI=1S/C25H29ClN2O4/c1-17-7-5-6-10-20(17)24(25(30)27-19-8-3-2-4-9-19)28(23(29)14-26)15-18-11-12-21-22(13-18)32-16-31-21/h5-7,10-13,19,24H,2-4,8-9,14-16H2,1H3,(H,27,30). The minimum absolute atomic E-state index is 0.140. The fourth-order valence-corrected chi connectivity index (χ4v) is 4.66. The van der Waals surface area contributed by atoms with E-state index in [0.29, 0.717) is 11.5 Å². The van der Waals surface area contributed by atoms with Gasteiger partial charge in [0, 0.05) is 12.6 Å². The number of hydrogen-bond acceptors (Lipinski definition) is 4. The Morgan fingerprint density at radius 1 is 1.09 bits per heavy atom. The fourth-order valence-electron chi connectivity index (χ4n) is 4.51. The third-order valence-corrected chi connectivity index (χ3v) is 6.45. The van der Waals surface area contributed by atoms with Crippen molar-refractivity contribution in [2.24, 2.45) is 0 Å². The maximum atomic E-state index is 13.6. The number of ether oxygens (including phenoxy) is 2. The van der Waals surface area contributed by atoms with Crippen LogP contribution in [0.5, 0.6) is 11.5 Å². The number of rotatable bonds is 7. The van der Waals surface area contributed by atoms with E-state index in [1.165, 1.54) is 6.42 Å². The Balaban J connectivity index is 1.67. The van der Waals surface area contributed by atoms with Crippen LogP contribution < -0.4 is 14.8 Å². The van der Waals surface area contributed by atoms with Gasteiger partial charge in [0.15, 0.2) is 11.5 Å². The number of halogens is 1. The van der Waals surface area contributed by atoms with E-state index in [2.05, 4.69) is 5.32 Å². The number of aryl methyl sites for hydroxylation is 1. The van der Waals surface area contributed by atoms with Crippen molar-refractivity contribution in [1.82, 2.24) is 10.2 Å². The first-order valence-electron chi connectivity index (χ1n) is 11.2. The average molecular weight is 457 g/mol. The number of nitrogens with zero attached hydrogens (tertiary/aromatic N) is 1. The Morgan fingerprint density at radius 3 is 2.59 bits per heavy atom. The van der Waals surface area contributed by atoms with Crippen molar-refractivity contribution in [3.8, 4) is 11.5 Å². The van der Waals surface area contributed by atoms with Crippen LogP contribution in [0.4, 0.5) is 0 Å². The molecule has 0 bridgehead atoms. The summed E-state index contributed by atoms with van der Waals surface area (Å²) in [5.41, 5.74) is 2.60. The summed E-state index contributed by atoms with van der Waals surface area (Å²) in [5, 5.41) is 3.21. The highest BCUT2D eigenvalue weighted by atomic mass is 35.5. The molecule has 0 spiro atoms. The molecule has 32 heavy (non-hydrogen) atoms. The first-order valence-corrected chi connectivity index (χ1v) is 11.7. The number of hydrogen-bond donors (Lipinski definition) is 1. The van der Waals surface area contributed by atoms with E-state index in [-0.39, 0.29) is 37.1 Å². The number of carbonyl (C=O) groups is 2. The summed E-state index contributed by atoms with van der Waals surface area (Å²) in [6, 6.07) is 12.6. The third-order valence-electron chi connectivity index (χ3n) is 6.22. The molecule has 1 saturated carbocycles. The Bertz CT molecular complexity index is 974. The second kappa shape index (κ2) is 10.3. The molecule has 170 valence electrons. The summed E-state index contributed by atoms with van der Waals surface area (Å²) in [5.74, 6) is 0.653. The molecule has 0 aromatic heterocycles. The van der Waals surface area contributed by atoms with E-state index in [4.69, 9.17) is 21.1 Å². The molecular weight excluding hydrogens is 428 g/mol. The van der Waals surface area contributed by atoms with Gasteiger partial charge in [0.1, 0.15) is 11.9 Å². The largest absolute Gasteiger partial charge is 0.454 e. The van der Waals surface area contributed by atoms with Gasteiger partial charge in [-0.05, 0) is 48.6 Å². The molecular formula is C25H29ClN2O4. The van der Waals surface area contributed by atoms with Gasteiger partial charge in [-0.25, -0.2) is 0 Å². The van der Waals surface area contributed by atoms with E-state index in [0.717, 1.165) is 42.4 Å². The van der Waals surface area contributed by atoms with Crippen molar-refractivity contribution in [2.45, 2.75) is 57.7 Å². The average Bonchev–Trinajstić information content (AvgIpc) is 3.28. The van der Waals surface area contributed by atoms with Crippen LogP contribution >= 0.6 is 11.6 Å². The number of benzene rings is 2. The van der Waals surface area contributed by atoms with Gasteiger partial charge in [-0.3, -0.25) is 9.59 Å². The molecule has 1 atom stereocenters. The highest BCUT2D eigenvalue weighted by Crippen LogP contribution is 2.34. The summed E-state index contributed by atoms with van der Waals surface area (Å²) in [7, 11) is 0. The van der Waals surface area contributed by atoms with Crippen molar-refractivity contribution in [2.75, 3.05) is 12.7 Å². The summed E-state index contributed by atoms with van der Waals surface area (Å²) in [4.78, 5) is 28.2. The smallest absolute Gasteiger partial charge is 0.247 e. The van der Waals surface area contributed by atoms with Crippen molar-refractivity contribution >= 4 is 23.4 Å². The highest BCUT2D eigenvalue weighted by molar-refractivity contribution is 6.27. The predicted octanol–water partition coefficient (Wildman–Crippen LogP) is 4.48. The van der Waals surface area contributed by atoms with E-state index in [1.807, 2.05) is 49.4 Å². The van der Waals surface area contributed by atoms with E-state index in [9.17, 15) is 9.59 Å². The van der Waals surface area contributed by atoms with Gasteiger partial charge in [0.25, 0.3) is 0 Å². The number of amides is 2. The number of carbonyl (C=O) groups excluding carboxylic acids is 2. The maximum Gasteiger partial charge on any atom is 0.247 e. The molecule has 4 rings (SSSR count). The number of fused-ring (bicyclic) bond motifs is 1. The van der Waals surface area contributed by atoms with Gasteiger partial charge < -0.3 is 19.7 Å². The number of alkyl halides is 1. The van der Waals surface area contributed by atoms with E-state index >= 15 is 0 Å². The lowest BCUT2D eigenvalue weighted by Gasteiger charge is -2.34. The lowest BCUT2D eigenvalue weighted by molar-refractivity contribution is -0.140. The van der Waals surface area contributed by atoms with Crippen LogP contribution in [0, 0.1) is 6.92 Å². The Hall–Kier alpha value is -2.73. The SMILES string of the molecule is Cc1ccccc1C(C(=O)NC1CCCCC1)N(Cc1ccc2c(c1)OCO2)C(=O)CCl. The maximum absolute atomic E-state index is 13.6. The molecule has 1 aliphatic carbocycles. The van der Waals surface area contributed by atoms with Crippen LogP contribution in [-0.2, 0) is 16.1 Å². The fraction of sp³-hybridized carbons (Fsp3) is 0.440. The summed E-state index contributed by atoms with van der Waals surface area (Å²) in [6.45, 7) is 2.37. The second-order valence-electron chi connectivity index (χ2n) is 8.45. The lowest BCUT2D eigenvalue weighted by atomic mass is 9.94. The minimum atomic E-state index is -0.769. The molecule has 6 nitrogen and oxygen atoms in total. The Morgan fingerprint density at radius 2 is 1.84 bits per heavy atom. The molecule has 0 saturated heterocycles. The molecule has 1 heterocycles. The molecule has 2 aromatic carbocycles. The molecule has 2 aromatic rings. The summed E-state index contributed by atoms with van der Waals surface area (Å²) >= 11 is 6.01. The van der Waals surface area contributed by atoms with Crippen molar-refractivity contribution in [3.63, 3.8) is 0 Å². The van der Waals surface area contributed by atoms with Gasteiger partial charge in [-0.15, -0.1) is 11.6 Å².